The minimum absolute atomic E-state index is 0.385. The van der Waals surface area contributed by atoms with Gasteiger partial charge >= 0.3 is 6.09 Å². The Morgan fingerprint density at radius 1 is 1.28 bits per heavy atom. The third-order valence-corrected chi connectivity index (χ3v) is 4.75. The lowest BCUT2D eigenvalue weighted by atomic mass is 10.2. The van der Waals surface area contributed by atoms with E-state index in [0.717, 1.165) is 33.9 Å². The highest BCUT2D eigenvalue weighted by molar-refractivity contribution is 7.22. The number of pyridine rings is 1. The lowest BCUT2D eigenvalue weighted by molar-refractivity contribution is -0.697. The van der Waals surface area contributed by atoms with E-state index in [1.165, 1.54) is 0 Å². The molecule has 7 nitrogen and oxygen atoms in total. The molecule has 0 aliphatic heterocycles. The number of hydrazone groups is 1. The number of para-hydroxylation sites is 1. The third kappa shape index (κ3) is 6.83. The Hall–Kier alpha value is -3.00. The molecular formula is C21H26N5O2S+. The molecule has 0 saturated carbocycles. The average molecular weight is 413 g/mol. The highest BCUT2D eigenvalue weighted by Crippen LogP contribution is 2.25. The Kier molecular flexibility index (Phi) is 6.77. The summed E-state index contributed by atoms with van der Waals surface area (Å²) in [5.74, 6) is 0. The molecule has 8 heteroatoms. The first-order valence-electron chi connectivity index (χ1n) is 9.50. The lowest BCUT2D eigenvalue weighted by Gasteiger charge is -2.19. The van der Waals surface area contributed by atoms with Crippen LogP contribution in [0.4, 0.5) is 9.93 Å². The highest BCUT2D eigenvalue weighted by Gasteiger charge is 2.15. The zero-order chi connectivity index (χ0) is 20.7. The second kappa shape index (κ2) is 9.47. The number of benzene rings is 1. The Morgan fingerprint density at radius 2 is 2.10 bits per heavy atom. The number of nitrogens with zero attached hydrogens (tertiary/aromatic N) is 3. The highest BCUT2D eigenvalue weighted by atomic mass is 32.1. The standard InChI is InChI=1S/C21H25N5O2S/c1-21(2,3)28-20(27)22-11-7-13-26-12-6-8-16(15-26)14-23-25-19-24-17-9-4-5-10-18(17)29-19/h4-6,8-10,12,14-15H,7,11,13H2,1-3H3,(H-,22,24,25,27)/p+1/b23-14+. The van der Waals surface area contributed by atoms with Crippen LogP contribution in [0.1, 0.15) is 32.8 Å². The number of anilines is 1. The van der Waals surface area contributed by atoms with Crippen LogP contribution in [0.25, 0.3) is 10.2 Å². The van der Waals surface area contributed by atoms with E-state index in [9.17, 15) is 4.79 Å². The molecule has 0 aliphatic carbocycles. The zero-order valence-electron chi connectivity index (χ0n) is 16.9. The minimum atomic E-state index is -0.480. The van der Waals surface area contributed by atoms with E-state index in [4.69, 9.17) is 4.74 Å². The summed E-state index contributed by atoms with van der Waals surface area (Å²) >= 11 is 1.57. The number of thiazole rings is 1. The van der Waals surface area contributed by atoms with Crippen molar-refractivity contribution in [2.24, 2.45) is 5.10 Å². The maximum absolute atomic E-state index is 11.6. The number of fused-ring (bicyclic) bond motifs is 1. The van der Waals surface area contributed by atoms with E-state index in [1.54, 1.807) is 17.6 Å². The van der Waals surface area contributed by atoms with E-state index in [2.05, 4.69) is 25.4 Å². The molecule has 0 radical (unpaired) electrons. The molecule has 2 N–H and O–H groups in total. The molecule has 2 aromatic heterocycles. The van der Waals surface area contributed by atoms with Crippen molar-refractivity contribution >= 4 is 39.0 Å². The lowest BCUT2D eigenvalue weighted by Crippen LogP contribution is -2.37. The van der Waals surface area contributed by atoms with Crippen LogP contribution < -0.4 is 15.3 Å². The molecule has 2 heterocycles. The minimum Gasteiger partial charge on any atom is -0.444 e. The quantitative estimate of drug-likeness (QED) is 0.267. The maximum Gasteiger partial charge on any atom is 0.407 e. The summed E-state index contributed by atoms with van der Waals surface area (Å²) in [6.07, 6.45) is 6.18. The van der Waals surface area contributed by atoms with Gasteiger partial charge in [0.2, 0.25) is 5.13 Å². The first-order chi connectivity index (χ1) is 13.9. The number of amides is 1. The molecule has 1 amide bonds. The summed E-state index contributed by atoms with van der Waals surface area (Å²) < 4.78 is 8.42. The molecule has 0 unspecified atom stereocenters. The summed E-state index contributed by atoms with van der Waals surface area (Å²) in [7, 11) is 0. The van der Waals surface area contributed by atoms with Gasteiger partial charge in [0.15, 0.2) is 12.4 Å². The SMILES string of the molecule is CC(C)(C)OC(=O)NCCC[n+]1cccc(/C=N/Nc2nc3ccccc3s2)c1. The van der Waals surface area contributed by atoms with Gasteiger partial charge in [0, 0.05) is 19.0 Å². The van der Waals surface area contributed by atoms with Gasteiger partial charge in [-0.05, 0) is 39.0 Å². The molecule has 0 atom stereocenters. The normalized spacial score (nSPS) is 11.7. The van der Waals surface area contributed by atoms with E-state index >= 15 is 0 Å². The Morgan fingerprint density at radius 3 is 2.90 bits per heavy atom. The van der Waals surface area contributed by atoms with Crippen LogP contribution in [-0.2, 0) is 11.3 Å². The Labute approximate surface area is 174 Å². The fourth-order valence-corrected chi connectivity index (χ4v) is 3.42. The number of nitrogens with one attached hydrogen (secondary N) is 2. The molecule has 29 heavy (non-hydrogen) atoms. The van der Waals surface area contributed by atoms with E-state index < -0.39 is 5.60 Å². The van der Waals surface area contributed by atoms with Gasteiger partial charge in [0.1, 0.15) is 12.1 Å². The van der Waals surface area contributed by atoms with Crippen LogP contribution in [0, 0.1) is 0 Å². The Balaban J connectivity index is 1.46. The third-order valence-electron chi connectivity index (χ3n) is 3.81. The average Bonchev–Trinajstić information content (AvgIpc) is 3.07. The first kappa shape index (κ1) is 20.7. The van der Waals surface area contributed by atoms with Crippen molar-refractivity contribution < 1.29 is 14.1 Å². The van der Waals surface area contributed by atoms with Crippen LogP contribution in [0.5, 0.6) is 0 Å². The summed E-state index contributed by atoms with van der Waals surface area (Å²) in [5.41, 5.74) is 4.45. The maximum atomic E-state index is 11.6. The summed E-state index contributed by atoms with van der Waals surface area (Å²) in [4.78, 5) is 16.1. The van der Waals surface area contributed by atoms with Crippen LogP contribution in [0.3, 0.4) is 0 Å². The largest absolute Gasteiger partial charge is 0.444 e. The first-order valence-corrected chi connectivity index (χ1v) is 10.3. The van der Waals surface area contributed by atoms with Crippen molar-refractivity contribution in [1.29, 1.82) is 0 Å². The number of hydrogen-bond acceptors (Lipinski definition) is 6. The van der Waals surface area contributed by atoms with Gasteiger partial charge in [-0.3, -0.25) is 5.43 Å². The summed E-state index contributed by atoms with van der Waals surface area (Å²) in [6, 6.07) is 12.0. The van der Waals surface area contributed by atoms with Gasteiger partial charge in [-0.15, -0.1) is 0 Å². The molecule has 3 rings (SSSR count). The van der Waals surface area contributed by atoms with Gasteiger partial charge in [-0.1, -0.05) is 23.5 Å². The molecule has 0 saturated heterocycles. The van der Waals surface area contributed by atoms with E-state index in [1.807, 2.05) is 69.6 Å². The topological polar surface area (TPSA) is 79.5 Å². The molecule has 152 valence electrons. The zero-order valence-corrected chi connectivity index (χ0v) is 17.7. The molecule has 3 aromatic rings. The van der Waals surface area contributed by atoms with E-state index in [-0.39, 0.29) is 6.09 Å². The summed E-state index contributed by atoms with van der Waals surface area (Å²) in [6.45, 7) is 6.88. The number of aromatic nitrogens is 2. The predicted molar refractivity (Wildman–Crippen MR) is 116 cm³/mol. The van der Waals surface area contributed by atoms with Crippen molar-refractivity contribution in [3.8, 4) is 0 Å². The van der Waals surface area contributed by atoms with Crippen LogP contribution >= 0.6 is 11.3 Å². The van der Waals surface area contributed by atoms with Crippen LogP contribution in [-0.4, -0.2) is 29.4 Å². The number of ether oxygens (including phenoxy) is 1. The second-order valence-corrected chi connectivity index (χ2v) is 8.54. The van der Waals surface area contributed by atoms with Gasteiger partial charge < -0.3 is 10.1 Å². The van der Waals surface area contributed by atoms with Crippen LogP contribution in [0.2, 0.25) is 0 Å². The number of aryl methyl sites for hydroxylation is 1. The fraction of sp³-hybridized carbons (Fsp3) is 0.333. The number of hydrogen-bond donors (Lipinski definition) is 2. The number of carbonyl (C=O) groups excluding carboxylic acids is 1. The van der Waals surface area contributed by atoms with E-state index in [0.29, 0.717) is 6.54 Å². The van der Waals surface area contributed by atoms with Gasteiger partial charge in [-0.2, -0.15) is 5.10 Å². The van der Waals surface area contributed by atoms with Gasteiger partial charge in [-0.25, -0.2) is 14.3 Å². The van der Waals surface area contributed by atoms with Crippen molar-refractivity contribution in [2.75, 3.05) is 12.0 Å². The summed E-state index contributed by atoms with van der Waals surface area (Å²) in [5, 5.41) is 7.82. The van der Waals surface area contributed by atoms with Crippen LogP contribution in [0.15, 0.2) is 53.9 Å². The fourth-order valence-electron chi connectivity index (χ4n) is 2.61. The number of alkyl carbamates (subject to hydrolysis) is 1. The molecule has 1 aromatic carbocycles. The predicted octanol–water partition coefficient (Wildman–Crippen LogP) is 3.94. The van der Waals surface area contributed by atoms with Gasteiger partial charge in [0.25, 0.3) is 0 Å². The molecule has 0 aliphatic rings. The van der Waals surface area contributed by atoms with Crippen molar-refractivity contribution in [1.82, 2.24) is 10.3 Å². The van der Waals surface area contributed by atoms with Crippen molar-refractivity contribution in [2.45, 2.75) is 39.3 Å². The molecule has 0 fully saturated rings. The molecule has 0 bridgehead atoms. The smallest absolute Gasteiger partial charge is 0.407 e. The molecule has 0 spiro atoms. The molecular weight excluding hydrogens is 386 g/mol. The van der Waals surface area contributed by atoms with Gasteiger partial charge in [0.05, 0.1) is 22.0 Å². The number of carbonyl (C=O) groups is 1. The van der Waals surface area contributed by atoms with Crippen molar-refractivity contribution in [3.63, 3.8) is 0 Å². The monoisotopic (exact) mass is 412 g/mol. The second-order valence-electron chi connectivity index (χ2n) is 7.51. The Bertz CT molecular complexity index is 961. The van der Waals surface area contributed by atoms with Crippen molar-refractivity contribution in [3.05, 3.63) is 54.4 Å². The number of rotatable bonds is 7.